The standard InChI is InChI=1S/C22H25ClN2O3S/c23-19-10-12-20(13-11-19)29(27,28)24-14-4-8-18(16-24)22(26)25-15-5-9-21(25)17-6-2-1-3-7-17/h1-3,6-7,10-13,18,21H,4-5,8-9,14-16H2/t18-,21-/m0/s1. The molecule has 2 aliphatic heterocycles. The van der Waals surface area contributed by atoms with E-state index in [1.54, 1.807) is 12.1 Å². The van der Waals surface area contributed by atoms with Crippen LogP contribution in [0.5, 0.6) is 0 Å². The lowest BCUT2D eigenvalue weighted by molar-refractivity contribution is -0.137. The highest BCUT2D eigenvalue weighted by Crippen LogP contribution is 2.35. The molecule has 2 aliphatic rings. The van der Waals surface area contributed by atoms with Crippen molar-refractivity contribution in [2.75, 3.05) is 19.6 Å². The van der Waals surface area contributed by atoms with Crippen molar-refractivity contribution in [1.29, 1.82) is 0 Å². The average molecular weight is 433 g/mol. The summed E-state index contributed by atoms with van der Waals surface area (Å²) in [5, 5.41) is 0.497. The molecule has 0 radical (unpaired) electrons. The fourth-order valence-corrected chi connectivity index (χ4v) is 6.05. The molecule has 29 heavy (non-hydrogen) atoms. The van der Waals surface area contributed by atoms with E-state index >= 15 is 0 Å². The van der Waals surface area contributed by atoms with Crippen molar-refractivity contribution < 1.29 is 13.2 Å². The van der Waals surface area contributed by atoms with Crippen LogP contribution in [0.2, 0.25) is 5.02 Å². The third kappa shape index (κ3) is 4.20. The van der Waals surface area contributed by atoms with Crippen molar-refractivity contribution in [3.8, 4) is 0 Å². The van der Waals surface area contributed by atoms with Gasteiger partial charge in [-0.1, -0.05) is 41.9 Å². The maximum Gasteiger partial charge on any atom is 0.243 e. The van der Waals surface area contributed by atoms with Crippen LogP contribution in [0.3, 0.4) is 0 Å². The largest absolute Gasteiger partial charge is 0.335 e. The number of nitrogens with zero attached hydrogens (tertiary/aromatic N) is 2. The van der Waals surface area contributed by atoms with Gasteiger partial charge < -0.3 is 4.90 Å². The Morgan fingerprint density at radius 3 is 2.34 bits per heavy atom. The zero-order valence-corrected chi connectivity index (χ0v) is 17.8. The predicted octanol–water partition coefficient (Wildman–Crippen LogP) is 4.10. The summed E-state index contributed by atoms with van der Waals surface area (Å²) in [6, 6.07) is 16.4. The highest BCUT2D eigenvalue weighted by Gasteiger charge is 2.38. The molecule has 2 saturated heterocycles. The second-order valence-corrected chi connectivity index (χ2v) is 10.1. The second kappa shape index (κ2) is 8.46. The molecular weight excluding hydrogens is 408 g/mol. The lowest BCUT2D eigenvalue weighted by Gasteiger charge is -2.35. The molecule has 0 spiro atoms. The predicted molar refractivity (Wildman–Crippen MR) is 113 cm³/mol. The van der Waals surface area contributed by atoms with Gasteiger partial charge in [0.2, 0.25) is 15.9 Å². The highest BCUT2D eigenvalue weighted by molar-refractivity contribution is 7.89. The van der Waals surface area contributed by atoms with Crippen molar-refractivity contribution in [2.24, 2.45) is 5.92 Å². The fourth-order valence-electron chi connectivity index (χ4n) is 4.40. The number of carbonyl (C=O) groups excluding carboxylic acids is 1. The average Bonchev–Trinajstić information content (AvgIpc) is 3.24. The van der Waals surface area contributed by atoms with Crippen LogP contribution in [0.25, 0.3) is 0 Å². The molecule has 0 N–H and O–H groups in total. The Bertz CT molecular complexity index is 963. The van der Waals surface area contributed by atoms with Crippen molar-refractivity contribution in [2.45, 2.75) is 36.6 Å². The minimum absolute atomic E-state index is 0.0763. The molecule has 0 unspecified atom stereocenters. The lowest BCUT2D eigenvalue weighted by atomic mass is 9.96. The summed E-state index contributed by atoms with van der Waals surface area (Å²) in [5.74, 6) is -0.220. The molecule has 0 aliphatic carbocycles. The van der Waals surface area contributed by atoms with E-state index in [1.807, 2.05) is 23.1 Å². The first-order valence-electron chi connectivity index (χ1n) is 10.1. The number of rotatable bonds is 4. The molecule has 2 heterocycles. The number of likely N-dealkylation sites (tertiary alicyclic amines) is 1. The molecule has 2 aromatic rings. The zero-order valence-electron chi connectivity index (χ0n) is 16.2. The van der Waals surface area contributed by atoms with Gasteiger partial charge >= 0.3 is 0 Å². The van der Waals surface area contributed by atoms with E-state index in [-0.39, 0.29) is 29.3 Å². The minimum Gasteiger partial charge on any atom is -0.335 e. The molecule has 0 saturated carbocycles. The van der Waals surface area contributed by atoms with Crippen LogP contribution in [0, 0.1) is 5.92 Å². The van der Waals surface area contributed by atoms with Gasteiger partial charge in [0.25, 0.3) is 0 Å². The first kappa shape index (κ1) is 20.4. The Hall–Kier alpha value is -1.89. The Labute approximate surface area is 177 Å². The Morgan fingerprint density at radius 2 is 1.62 bits per heavy atom. The van der Waals surface area contributed by atoms with E-state index < -0.39 is 10.0 Å². The third-order valence-corrected chi connectivity index (χ3v) is 8.04. The first-order chi connectivity index (χ1) is 14.0. The van der Waals surface area contributed by atoms with Gasteiger partial charge in [-0.3, -0.25) is 4.79 Å². The Morgan fingerprint density at radius 1 is 0.931 bits per heavy atom. The van der Waals surface area contributed by atoms with Crippen LogP contribution in [-0.2, 0) is 14.8 Å². The van der Waals surface area contributed by atoms with E-state index in [1.165, 1.54) is 16.4 Å². The van der Waals surface area contributed by atoms with Crippen LogP contribution in [0.15, 0.2) is 59.5 Å². The number of benzene rings is 2. The molecule has 2 aromatic carbocycles. The van der Waals surface area contributed by atoms with Crippen LogP contribution in [0.1, 0.15) is 37.3 Å². The maximum atomic E-state index is 13.3. The van der Waals surface area contributed by atoms with Crippen LogP contribution < -0.4 is 0 Å². The van der Waals surface area contributed by atoms with E-state index in [0.717, 1.165) is 31.4 Å². The molecule has 154 valence electrons. The molecule has 5 nitrogen and oxygen atoms in total. The summed E-state index contributed by atoms with van der Waals surface area (Å²) in [5.41, 5.74) is 1.15. The monoisotopic (exact) mass is 432 g/mol. The smallest absolute Gasteiger partial charge is 0.243 e. The Kier molecular flexibility index (Phi) is 5.95. The number of hydrogen-bond acceptors (Lipinski definition) is 3. The van der Waals surface area contributed by atoms with Gasteiger partial charge in [-0.2, -0.15) is 4.31 Å². The van der Waals surface area contributed by atoms with Gasteiger partial charge in [0.15, 0.2) is 0 Å². The summed E-state index contributed by atoms with van der Waals surface area (Å²) in [7, 11) is -3.63. The van der Waals surface area contributed by atoms with E-state index in [2.05, 4.69) is 12.1 Å². The molecule has 7 heteroatoms. The number of piperidine rings is 1. The van der Waals surface area contributed by atoms with Gasteiger partial charge in [0.1, 0.15) is 0 Å². The van der Waals surface area contributed by atoms with E-state index in [4.69, 9.17) is 11.6 Å². The van der Waals surface area contributed by atoms with Gasteiger partial charge in [-0.05, 0) is 55.5 Å². The quantitative estimate of drug-likeness (QED) is 0.730. The normalized spacial score (nSPS) is 23.3. The number of halogens is 1. The molecule has 4 rings (SSSR count). The number of carbonyl (C=O) groups is 1. The van der Waals surface area contributed by atoms with E-state index in [9.17, 15) is 13.2 Å². The van der Waals surface area contributed by atoms with Crippen molar-refractivity contribution >= 4 is 27.5 Å². The van der Waals surface area contributed by atoms with Crippen LogP contribution in [0.4, 0.5) is 0 Å². The summed E-state index contributed by atoms with van der Waals surface area (Å²) < 4.78 is 27.5. The minimum atomic E-state index is -3.63. The van der Waals surface area contributed by atoms with Gasteiger partial charge in [0, 0.05) is 24.7 Å². The van der Waals surface area contributed by atoms with Gasteiger partial charge in [0.05, 0.1) is 16.9 Å². The van der Waals surface area contributed by atoms with Crippen LogP contribution >= 0.6 is 11.6 Å². The molecular formula is C22H25ClN2O3S. The van der Waals surface area contributed by atoms with Gasteiger partial charge in [-0.15, -0.1) is 0 Å². The van der Waals surface area contributed by atoms with Crippen molar-refractivity contribution in [1.82, 2.24) is 9.21 Å². The zero-order chi connectivity index (χ0) is 20.4. The number of sulfonamides is 1. The second-order valence-electron chi connectivity index (χ2n) is 7.76. The third-order valence-electron chi connectivity index (χ3n) is 5.91. The molecule has 0 aromatic heterocycles. The van der Waals surface area contributed by atoms with Crippen LogP contribution in [-0.4, -0.2) is 43.2 Å². The maximum absolute atomic E-state index is 13.3. The molecule has 0 bridgehead atoms. The molecule has 2 atom stereocenters. The van der Waals surface area contributed by atoms with Crippen molar-refractivity contribution in [3.05, 3.63) is 65.2 Å². The number of hydrogen-bond donors (Lipinski definition) is 0. The number of amides is 1. The fraction of sp³-hybridized carbons (Fsp3) is 0.409. The summed E-state index contributed by atoms with van der Waals surface area (Å²) >= 11 is 5.89. The topological polar surface area (TPSA) is 57.7 Å². The highest BCUT2D eigenvalue weighted by atomic mass is 35.5. The summed E-state index contributed by atoms with van der Waals surface area (Å²) in [6.07, 6.45) is 3.34. The first-order valence-corrected chi connectivity index (χ1v) is 11.9. The summed E-state index contributed by atoms with van der Waals surface area (Å²) in [4.78, 5) is 15.5. The molecule has 1 amide bonds. The lowest BCUT2D eigenvalue weighted by Crippen LogP contribution is -2.46. The SMILES string of the molecule is O=C([C@H]1CCCN(S(=O)(=O)c2ccc(Cl)cc2)C1)N1CCC[C@H]1c1ccccc1. The van der Waals surface area contributed by atoms with Crippen molar-refractivity contribution in [3.63, 3.8) is 0 Å². The molecule has 2 fully saturated rings. The van der Waals surface area contributed by atoms with Gasteiger partial charge in [-0.25, -0.2) is 8.42 Å². The summed E-state index contributed by atoms with van der Waals surface area (Å²) in [6.45, 7) is 1.41. The Balaban J connectivity index is 1.50. The van der Waals surface area contributed by atoms with E-state index in [0.29, 0.717) is 18.0 Å².